The molecule has 2 rings (SSSR count). The van der Waals surface area contributed by atoms with E-state index in [4.69, 9.17) is 25.2 Å². The average molecular weight is 413 g/mol. The van der Waals surface area contributed by atoms with E-state index >= 15 is 0 Å². The highest BCUT2D eigenvalue weighted by molar-refractivity contribution is 6.33. The van der Waals surface area contributed by atoms with Gasteiger partial charge in [0, 0.05) is 5.56 Å². The Morgan fingerprint density at radius 2 is 1.60 bits per heavy atom. The summed E-state index contributed by atoms with van der Waals surface area (Å²) in [4.78, 5) is 38.1. The fourth-order valence-electron chi connectivity index (χ4n) is 2.55. The smallest absolute Gasteiger partial charge is 0.328 e. The number of carboxylic acids is 2. The summed E-state index contributed by atoms with van der Waals surface area (Å²) in [5, 5.41) is 18.2. The maximum Gasteiger partial charge on any atom is 0.328 e. The van der Waals surface area contributed by atoms with Gasteiger partial charge in [0.2, 0.25) is 0 Å². The topological polar surface area (TPSA) is 150 Å². The molecule has 10 heteroatoms. The number of aliphatic carboxylic acids is 2. The van der Waals surface area contributed by atoms with Crippen molar-refractivity contribution in [1.29, 1.82) is 0 Å². The van der Waals surface area contributed by atoms with Crippen molar-refractivity contribution in [2.45, 2.75) is 0 Å². The standard InChI is InChI=1S/C20H19N3O7/c21-22-11-17(24)14-6-7-16(23(12-19(25)26)13-20(27)28)18(10-14)30-9-8-29-15-4-2-1-3-5-15/h1-7,10-11H,8-9,12-13H2,(H,25,26)(H,27,28). The van der Waals surface area contributed by atoms with Gasteiger partial charge in [-0.1, -0.05) is 18.2 Å². The second kappa shape index (κ2) is 11.0. The highest BCUT2D eigenvalue weighted by Gasteiger charge is 2.20. The Morgan fingerprint density at radius 3 is 2.20 bits per heavy atom. The van der Waals surface area contributed by atoms with E-state index in [9.17, 15) is 14.4 Å². The summed E-state index contributed by atoms with van der Waals surface area (Å²) >= 11 is 0. The number of rotatable bonds is 12. The van der Waals surface area contributed by atoms with E-state index in [1.807, 2.05) is 18.2 Å². The zero-order valence-corrected chi connectivity index (χ0v) is 15.8. The molecule has 0 fully saturated rings. The fourth-order valence-corrected chi connectivity index (χ4v) is 2.55. The third-order valence-corrected chi connectivity index (χ3v) is 3.77. The summed E-state index contributed by atoms with van der Waals surface area (Å²) in [5.41, 5.74) is 8.84. The van der Waals surface area contributed by atoms with Gasteiger partial charge in [-0.05, 0) is 30.3 Å². The molecule has 0 aliphatic rings. The molecule has 0 amide bonds. The number of anilines is 1. The van der Waals surface area contributed by atoms with Crippen molar-refractivity contribution in [2.24, 2.45) is 0 Å². The maximum absolute atomic E-state index is 12.0. The quantitative estimate of drug-likeness (QED) is 0.175. The molecule has 0 unspecified atom stereocenters. The van der Waals surface area contributed by atoms with Crippen molar-refractivity contribution in [1.82, 2.24) is 0 Å². The predicted octanol–water partition coefficient (Wildman–Crippen LogP) is 1.60. The van der Waals surface area contributed by atoms with Crippen LogP contribution in [0.5, 0.6) is 11.5 Å². The average Bonchev–Trinajstić information content (AvgIpc) is 2.71. The first-order valence-corrected chi connectivity index (χ1v) is 8.75. The number of carboxylic acid groups (broad SMARTS) is 2. The van der Waals surface area contributed by atoms with Gasteiger partial charge in [-0.2, -0.15) is 4.79 Å². The molecule has 0 heterocycles. The van der Waals surface area contributed by atoms with Gasteiger partial charge in [-0.25, -0.2) is 0 Å². The van der Waals surface area contributed by atoms with Gasteiger partial charge in [0.15, 0.2) is 0 Å². The number of para-hydroxylation sites is 1. The van der Waals surface area contributed by atoms with Crippen molar-refractivity contribution in [3.63, 3.8) is 0 Å². The van der Waals surface area contributed by atoms with E-state index in [1.54, 1.807) is 12.1 Å². The van der Waals surface area contributed by atoms with Crippen LogP contribution in [0, 0.1) is 0 Å². The van der Waals surface area contributed by atoms with Gasteiger partial charge in [-0.15, -0.1) is 0 Å². The molecular formula is C20H19N3O7. The fraction of sp³-hybridized carbons (Fsp3) is 0.200. The maximum atomic E-state index is 12.0. The Balaban J connectivity index is 2.25. The largest absolute Gasteiger partial charge is 0.490 e. The van der Waals surface area contributed by atoms with Gasteiger partial charge in [0.05, 0.1) is 5.69 Å². The molecule has 2 aromatic carbocycles. The highest BCUT2D eigenvalue weighted by Crippen LogP contribution is 2.30. The molecule has 10 nitrogen and oxygen atoms in total. The first-order valence-electron chi connectivity index (χ1n) is 8.75. The lowest BCUT2D eigenvalue weighted by Crippen LogP contribution is -2.34. The number of Topliss-reactive ketones (excluding diaryl/α,β-unsaturated/α-hetero) is 1. The first kappa shape index (κ1) is 22.1. The first-order chi connectivity index (χ1) is 14.4. The van der Waals surface area contributed by atoms with Crippen molar-refractivity contribution >= 4 is 29.6 Å². The van der Waals surface area contributed by atoms with Crippen molar-refractivity contribution < 1.29 is 38.9 Å². The molecule has 30 heavy (non-hydrogen) atoms. The van der Waals surface area contributed by atoms with E-state index in [2.05, 4.69) is 4.79 Å². The number of carbonyl (C=O) groups is 3. The Labute approximate surface area is 171 Å². The Bertz CT molecular complexity index is 940. The Morgan fingerprint density at radius 1 is 0.967 bits per heavy atom. The molecule has 2 aromatic rings. The van der Waals surface area contributed by atoms with Crippen LogP contribution in [0.25, 0.3) is 5.53 Å². The number of ketones is 1. The van der Waals surface area contributed by atoms with Crippen molar-refractivity contribution in [3.05, 3.63) is 59.6 Å². The van der Waals surface area contributed by atoms with E-state index < -0.39 is 30.8 Å². The van der Waals surface area contributed by atoms with E-state index in [-0.39, 0.29) is 30.2 Å². The summed E-state index contributed by atoms with van der Waals surface area (Å²) in [6, 6.07) is 13.0. The number of carbonyl (C=O) groups excluding carboxylic acids is 1. The summed E-state index contributed by atoms with van der Waals surface area (Å²) in [7, 11) is 0. The highest BCUT2D eigenvalue weighted by atomic mass is 16.5. The third-order valence-electron chi connectivity index (χ3n) is 3.77. The lowest BCUT2D eigenvalue weighted by Gasteiger charge is -2.24. The van der Waals surface area contributed by atoms with Crippen LogP contribution in [0.3, 0.4) is 0 Å². The van der Waals surface area contributed by atoms with Crippen LogP contribution >= 0.6 is 0 Å². The van der Waals surface area contributed by atoms with Crippen LogP contribution in [0.4, 0.5) is 5.69 Å². The molecule has 0 aliphatic carbocycles. The minimum atomic E-state index is -1.23. The predicted molar refractivity (Wildman–Crippen MR) is 105 cm³/mol. The summed E-state index contributed by atoms with van der Waals surface area (Å²) < 4.78 is 11.2. The van der Waals surface area contributed by atoms with Gasteiger partial charge in [0.1, 0.15) is 37.8 Å². The Kier molecular flexibility index (Phi) is 8.10. The van der Waals surface area contributed by atoms with E-state index in [1.165, 1.54) is 18.2 Å². The molecular weight excluding hydrogens is 394 g/mol. The summed E-state index contributed by atoms with van der Waals surface area (Å²) in [6.07, 6.45) is 0.698. The number of ether oxygens (including phenoxy) is 2. The lowest BCUT2D eigenvalue weighted by atomic mass is 10.1. The molecule has 0 saturated heterocycles. The zero-order valence-electron chi connectivity index (χ0n) is 15.8. The van der Waals surface area contributed by atoms with Crippen LogP contribution in [0.15, 0.2) is 48.5 Å². The number of hydrogen-bond donors (Lipinski definition) is 2. The van der Waals surface area contributed by atoms with Crippen molar-refractivity contribution in [3.8, 4) is 11.5 Å². The Hall–Kier alpha value is -4.17. The lowest BCUT2D eigenvalue weighted by molar-refractivity contribution is -0.136. The molecule has 0 saturated carbocycles. The SMILES string of the molecule is [N-]=[N+]=CC(=O)c1ccc(N(CC(=O)O)CC(=O)O)c(OCCOc2ccccc2)c1. The third kappa shape index (κ3) is 6.77. The zero-order chi connectivity index (χ0) is 21.9. The molecule has 0 bridgehead atoms. The van der Waals surface area contributed by atoms with Crippen molar-refractivity contribution in [2.75, 3.05) is 31.2 Å². The molecule has 156 valence electrons. The van der Waals surface area contributed by atoms with Crippen LogP contribution < -0.4 is 14.4 Å². The van der Waals surface area contributed by atoms with Gasteiger partial charge in [0.25, 0.3) is 5.78 Å². The van der Waals surface area contributed by atoms with Gasteiger partial charge in [-0.3, -0.25) is 14.4 Å². The monoisotopic (exact) mass is 413 g/mol. The van der Waals surface area contributed by atoms with Gasteiger partial charge >= 0.3 is 18.2 Å². The molecule has 0 atom stereocenters. The number of hydrogen-bond acceptors (Lipinski definition) is 6. The van der Waals surface area contributed by atoms with Crippen LogP contribution in [0.2, 0.25) is 0 Å². The van der Waals surface area contributed by atoms with Crippen LogP contribution in [-0.4, -0.2) is 65.2 Å². The minimum absolute atomic E-state index is 0.0433. The molecule has 0 spiro atoms. The molecule has 2 N–H and O–H groups in total. The number of benzene rings is 2. The van der Waals surface area contributed by atoms with Crippen LogP contribution in [-0.2, 0) is 9.59 Å². The normalized spacial score (nSPS) is 9.87. The van der Waals surface area contributed by atoms with E-state index in [0.29, 0.717) is 12.0 Å². The summed E-state index contributed by atoms with van der Waals surface area (Å²) in [6.45, 7) is -0.984. The minimum Gasteiger partial charge on any atom is -0.490 e. The van der Waals surface area contributed by atoms with Crippen LogP contribution in [0.1, 0.15) is 10.4 Å². The van der Waals surface area contributed by atoms with E-state index in [0.717, 1.165) is 4.90 Å². The second-order valence-electron chi connectivity index (χ2n) is 5.94. The molecule has 0 radical (unpaired) electrons. The second-order valence-corrected chi connectivity index (χ2v) is 5.94. The summed E-state index contributed by atoms with van der Waals surface area (Å²) in [5.74, 6) is -2.36. The number of nitrogens with zero attached hydrogens (tertiary/aromatic N) is 3. The molecule has 0 aromatic heterocycles. The molecule has 0 aliphatic heterocycles. The van der Waals surface area contributed by atoms with Gasteiger partial charge < -0.3 is 30.1 Å².